The van der Waals surface area contributed by atoms with Gasteiger partial charge in [0.15, 0.2) is 11.9 Å². The third-order valence-electron chi connectivity index (χ3n) is 10.5. The number of carbonyl (C=O) groups excluding carboxylic acids is 4. The number of phenols is 1. The summed E-state index contributed by atoms with van der Waals surface area (Å²) in [6, 6.07) is 4.33. The number of ether oxygens (including phenoxy) is 4. The van der Waals surface area contributed by atoms with Crippen LogP contribution in [0.1, 0.15) is 92.1 Å². The average Bonchev–Trinajstić information content (AvgIpc) is 3.28. The molecule has 1 saturated carbocycles. The van der Waals surface area contributed by atoms with Crippen molar-refractivity contribution in [1.82, 2.24) is 10.6 Å². The van der Waals surface area contributed by atoms with Gasteiger partial charge in [-0.2, -0.15) is 0 Å². The lowest BCUT2D eigenvalue weighted by Crippen LogP contribution is -2.70. The van der Waals surface area contributed by atoms with Crippen molar-refractivity contribution in [3.05, 3.63) is 29.8 Å². The Morgan fingerprint density at radius 1 is 0.980 bits per heavy atom. The molecule has 2 amide bonds. The molecular formula is C36H52N2O11. The Hall–Kier alpha value is -3.26. The van der Waals surface area contributed by atoms with Gasteiger partial charge in [0.25, 0.3) is 0 Å². The second-order valence-corrected chi connectivity index (χ2v) is 14.7. The first-order valence-electron chi connectivity index (χ1n) is 17.7. The molecule has 4 aliphatic heterocycles. The molecule has 49 heavy (non-hydrogen) atoms. The number of esters is 2. The van der Waals surface area contributed by atoms with E-state index < -0.39 is 59.8 Å². The first kappa shape index (κ1) is 37.0. The van der Waals surface area contributed by atoms with E-state index >= 15 is 0 Å². The number of nitrogens with one attached hydrogen (secondary N) is 2. The molecule has 0 aromatic heterocycles. The summed E-state index contributed by atoms with van der Waals surface area (Å²) in [5, 5.41) is 15.1. The van der Waals surface area contributed by atoms with Crippen molar-refractivity contribution in [2.24, 2.45) is 29.6 Å². The molecule has 272 valence electrons. The highest BCUT2D eigenvalue weighted by molar-refractivity contribution is 5.91. The Morgan fingerprint density at radius 2 is 1.71 bits per heavy atom. The molecule has 7 unspecified atom stereocenters. The van der Waals surface area contributed by atoms with Gasteiger partial charge in [-0.25, -0.2) is 14.6 Å². The Kier molecular flexibility index (Phi) is 11.6. The normalized spacial score (nSPS) is 33.0. The zero-order chi connectivity index (χ0) is 35.5. The van der Waals surface area contributed by atoms with Gasteiger partial charge in [0, 0.05) is 31.1 Å². The Bertz CT molecular complexity index is 1350. The molecule has 4 saturated heterocycles. The molecule has 5 aliphatic rings. The number of benzene rings is 1. The summed E-state index contributed by atoms with van der Waals surface area (Å²) in [7, 11) is 0. The molecule has 1 aromatic rings. The number of hydrogen-bond donors (Lipinski definition) is 3. The van der Waals surface area contributed by atoms with Gasteiger partial charge in [-0.3, -0.25) is 14.4 Å². The summed E-state index contributed by atoms with van der Waals surface area (Å²) in [4.78, 5) is 64.3. The molecule has 6 rings (SSSR count). The minimum atomic E-state index is -1.01. The van der Waals surface area contributed by atoms with Gasteiger partial charge in [0.1, 0.15) is 17.8 Å². The van der Waals surface area contributed by atoms with Crippen molar-refractivity contribution in [2.45, 2.75) is 129 Å². The fourth-order valence-electron chi connectivity index (χ4n) is 7.96. The fourth-order valence-corrected chi connectivity index (χ4v) is 7.96. The van der Waals surface area contributed by atoms with Crippen molar-refractivity contribution >= 4 is 23.8 Å². The predicted molar refractivity (Wildman–Crippen MR) is 174 cm³/mol. The van der Waals surface area contributed by atoms with E-state index in [9.17, 15) is 24.3 Å². The highest BCUT2D eigenvalue weighted by atomic mass is 17.3. The highest BCUT2D eigenvalue weighted by Crippen LogP contribution is 2.60. The third kappa shape index (κ3) is 8.22. The van der Waals surface area contributed by atoms with Gasteiger partial charge in [-0.05, 0) is 75.0 Å². The zero-order valence-corrected chi connectivity index (χ0v) is 29.4. The van der Waals surface area contributed by atoms with Gasteiger partial charge >= 0.3 is 11.9 Å². The third-order valence-corrected chi connectivity index (χ3v) is 10.5. The lowest BCUT2D eigenvalue weighted by Gasteiger charge is -2.59. The number of hydrogen-bond acceptors (Lipinski definition) is 11. The highest BCUT2D eigenvalue weighted by Gasteiger charge is 2.69. The maximum absolute atomic E-state index is 13.4. The van der Waals surface area contributed by atoms with Crippen molar-refractivity contribution in [3.8, 4) is 5.75 Å². The molecule has 1 aliphatic carbocycles. The quantitative estimate of drug-likeness (QED) is 0.202. The van der Waals surface area contributed by atoms with E-state index in [1.807, 2.05) is 27.7 Å². The van der Waals surface area contributed by atoms with Gasteiger partial charge in [0.2, 0.25) is 23.9 Å². The number of rotatable bonds is 13. The van der Waals surface area contributed by atoms with Gasteiger partial charge in [0.05, 0.1) is 13.0 Å². The van der Waals surface area contributed by atoms with Crippen LogP contribution in [0.15, 0.2) is 24.3 Å². The second kappa shape index (κ2) is 15.3. The molecular weight excluding hydrogens is 636 g/mol. The number of phenolic OH excluding ortho intramolecular Hbond substituents is 1. The van der Waals surface area contributed by atoms with Crippen molar-refractivity contribution in [1.29, 1.82) is 0 Å². The van der Waals surface area contributed by atoms with Crippen LogP contribution in [0.3, 0.4) is 0 Å². The summed E-state index contributed by atoms with van der Waals surface area (Å²) in [6.07, 6.45) is 1.78. The lowest BCUT2D eigenvalue weighted by molar-refractivity contribution is -0.576. The number of amides is 2. The molecule has 4 heterocycles. The topological polar surface area (TPSA) is 168 Å². The summed E-state index contributed by atoms with van der Waals surface area (Å²) in [5.74, 6) is -2.74. The summed E-state index contributed by atoms with van der Waals surface area (Å²) >= 11 is 0. The summed E-state index contributed by atoms with van der Waals surface area (Å²) in [5.41, 5.74) is -0.0744. The Morgan fingerprint density at radius 3 is 2.41 bits per heavy atom. The maximum atomic E-state index is 13.4. The molecule has 2 bridgehead atoms. The number of carbonyl (C=O) groups is 4. The van der Waals surface area contributed by atoms with Crippen molar-refractivity contribution in [3.63, 3.8) is 0 Å². The molecule has 1 aromatic carbocycles. The molecule has 10 atom stereocenters. The molecule has 1 spiro atoms. The molecule has 5 fully saturated rings. The fraction of sp³-hybridized carbons (Fsp3) is 0.722. The Labute approximate surface area is 288 Å². The van der Waals surface area contributed by atoms with Gasteiger partial charge in [-0.15, -0.1) is 0 Å². The van der Waals surface area contributed by atoms with Crippen LogP contribution in [0.5, 0.6) is 5.75 Å². The Balaban J connectivity index is 1.18. The second-order valence-electron chi connectivity index (χ2n) is 14.7. The van der Waals surface area contributed by atoms with E-state index in [-0.39, 0.29) is 55.3 Å². The molecule has 13 heteroatoms. The lowest BCUT2D eigenvalue weighted by atomic mass is 9.58. The van der Waals surface area contributed by atoms with E-state index in [1.165, 1.54) is 12.1 Å². The average molecular weight is 689 g/mol. The van der Waals surface area contributed by atoms with Crippen LogP contribution in [0.2, 0.25) is 0 Å². The smallest absolute Gasteiger partial charge is 0.328 e. The first-order valence-corrected chi connectivity index (χ1v) is 17.7. The zero-order valence-electron chi connectivity index (χ0n) is 29.4. The minimum absolute atomic E-state index is 0.0148. The number of fused-ring (bicyclic) bond motifs is 2. The van der Waals surface area contributed by atoms with Gasteiger partial charge < -0.3 is 34.7 Å². The van der Waals surface area contributed by atoms with E-state index in [0.717, 1.165) is 19.3 Å². The van der Waals surface area contributed by atoms with Crippen molar-refractivity contribution in [2.75, 3.05) is 6.61 Å². The van der Waals surface area contributed by atoms with E-state index in [4.69, 9.17) is 28.7 Å². The number of aromatic hydroxyl groups is 1. The summed E-state index contributed by atoms with van der Waals surface area (Å²) < 4.78 is 23.7. The SMILES string of the molecule is CCOC(=O)C(Cc1ccc(O)cc1)NC(=O)C(CC(C)C)NC(=O)CCC(=O)OC1O[C@H]2OC3(C)CC[C@H]4[C@H](C)CCC(C1C)C24OO3. The summed E-state index contributed by atoms with van der Waals surface area (Å²) in [6.45, 7) is 11.7. The van der Waals surface area contributed by atoms with Crippen LogP contribution in [-0.2, 0) is 54.3 Å². The van der Waals surface area contributed by atoms with Crippen LogP contribution < -0.4 is 10.6 Å². The van der Waals surface area contributed by atoms with Crippen LogP contribution in [-0.4, -0.2) is 71.5 Å². The van der Waals surface area contributed by atoms with Crippen LogP contribution in [0.25, 0.3) is 0 Å². The standard InChI is InChI=1S/C36H52N2O11/c1-7-44-32(43)28(19-23-9-11-24(39)12-10-23)38-31(42)27(18-20(2)3)37-29(40)14-15-30(41)45-33-22(5)26-13-8-21(4)25-16-17-35(6)47-34(46-33)36(25,26)49-48-35/h9-12,20-22,25-28,33-34,39H,7-8,13-19H2,1-6H3,(H,37,40)(H,38,42)/t21-,22?,25+,26?,27?,28?,33?,34+,35?,36?/m1/s1. The van der Waals surface area contributed by atoms with Crippen LogP contribution >= 0.6 is 0 Å². The molecule has 0 radical (unpaired) electrons. The van der Waals surface area contributed by atoms with E-state index in [1.54, 1.807) is 19.1 Å². The molecule has 3 N–H and O–H groups in total. The monoisotopic (exact) mass is 688 g/mol. The van der Waals surface area contributed by atoms with E-state index in [2.05, 4.69) is 17.6 Å². The van der Waals surface area contributed by atoms with E-state index in [0.29, 0.717) is 24.3 Å². The minimum Gasteiger partial charge on any atom is -0.508 e. The molecule has 13 nitrogen and oxygen atoms in total. The maximum Gasteiger partial charge on any atom is 0.328 e. The van der Waals surface area contributed by atoms with Crippen LogP contribution in [0, 0.1) is 29.6 Å². The predicted octanol–water partition coefficient (Wildman–Crippen LogP) is 4.04. The van der Waals surface area contributed by atoms with Crippen LogP contribution in [0.4, 0.5) is 0 Å². The largest absolute Gasteiger partial charge is 0.508 e. The van der Waals surface area contributed by atoms with Gasteiger partial charge in [-0.1, -0.05) is 39.8 Å². The first-order chi connectivity index (χ1) is 23.2. The van der Waals surface area contributed by atoms with Crippen molar-refractivity contribution < 1.29 is 53.0 Å².